The van der Waals surface area contributed by atoms with E-state index in [4.69, 9.17) is 9.63 Å². The van der Waals surface area contributed by atoms with Gasteiger partial charge in [-0.2, -0.15) is 0 Å². The highest BCUT2D eigenvalue weighted by Gasteiger charge is 2.12. The summed E-state index contributed by atoms with van der Waals surface area (Å²) in [4.78, 5) is 11.6. The van der Waals surface area contributed by atoms with Crippen LogP contribution >= 0.6 is 0 Å². The van der Waals surface area contributed by atoms with Gasteiger partial charge in [0.1, 0.15) is 5.76 Å². The Bertz CT molecular complexity index is 352. The standard InChI is InChI=1S/C12H20N2O3/c1-8(15)5-4-6-13-12(16)7-11-9(2)14-17-10(11)3/h8,15H,4-7H2,1-3H3,(H,13,16). The van der Waals surface area contributed by atoms with Gasteiger partial charge in [0.25, 0.3) is 0 Å². The number of rotatable bonds is 6. The Morgan fingerprint density at radius 2 is 2.24 bits per heavy atom. The Balaban J connectivity index is 2.30. The van der Waals surface area contributed by atoms with Gasteiger partial charge in [0.2, 0.25) is 5.91 Å². The quantitative estimate of drug-likeness (QED) is 0.730. The van der Waals surface area contributed by atoms with Crippen LogP contribution < -0.4 is 5.32 Å². The summed E-state index contributed by atoms with van der Waals surface area (Å²) in [6.45, 7) is 5.96. The van der Waals surface area contributed by atoms with Crippen molar-refractivity contribution in [1.29, 1.82) is 0 Å². The van der Waals surface area contributed by atoms with Crippen LogP contribution in [-0.2, 0) is 11.2 Å². The molecule has 0 aliphatic heterocycles. The topological polar surface area (TPSA) is 75.4 Å². The molecular formula is C12H20N2O3. The molecule has 0 aromatic carbocycles. The molecule has 1 aromatic heterocycles. The molecular weight excluding hydrogens is 220 g/mol. The van der Waals surface area contributed by atoms with E-state index in [-0.39, 0.29) is 12.0 Å². The van der Waals surface area contributed by atoms with Gasteiger partial charge in [-0.3, -0.25) is 4.79 Å². The van der Waals surface area contributed by atoms with Gasteiger partial charge in [0, 0.05) is 12.1 Å². The fraction of sp³-hybridized carbons (Fsp3) is 0.667. The Kier molecular flexibility index (Phi) is 5.15. The number of aliphatic hydroxyl groups is 1. The van der Waals surface area contributed by atoms with Crippen LogP contribution in [0.3, 0.4) is 0 Å². The molecule has 1 unspecified atom stereocenters. The Labute approximate surface area is 101 Å². The van der Waals surface area contributed by atoms with E-state index in [0.29, 0.717) is 25.1 Å². The van der Waals surface area contributed by atoms with Crippen molar-refractivity contribution in [3.8, 4) is 0 Å². The van der Waals surface area contributed by atoms with Gasteiger partial charge in [-0.1, -0.05) is 5.16 Å². The number of nitrogens with zero attached hydrogens (tertiary/aromatic N) is 1. The summed E-state index contributed by atoms with van der Waals surface area (Å²) in [5.41, 5.74) is 1.62. The predicted octanol–water partition coefficient (Wildman–Crippen LogP) is 1.11. The first-order chi connectivity index (χ1) is 8.00. The first-order valence-corrected chi connectivity index (χ1v) is 5.87. The van der Waals surface area contributed by atoms with Crippen molar-refractivity contribution in [2.24, 2.45) is 0 Å². The number of carbonyl (C=O) groups is 1. The molecule has 0 saturated heterocycles. The Morgan fingerprint density at radius 3 is 2.76 bits per heavy atom. The first-order valence-electron chi connectivity index (χ1n) is 5.87. The van der Waals surface area contributed by atoms with Crippen LogP contribution in [0.1, 0.15) is 36.8 Å². The van der Waals surface area contributed by atoms with Gasteiger partial charge >= 0.3 is 0 Å². The highest BCUT2D eigenvalue weighted by molar-refractivity contribution is 5.78. The van der Waals surface area contributed by atoms with Crippen molar-refractivity contribution in [2.75, 3.05) is 6.54 Å². The van der Waals surface area contributed by atoms with E-state index in [1.165, 1.54) is 0 Å². The number of aryl methyl sites for hydroxylation is 2. The highest BCUT2D eigenvalue weighted by atomic mass is 16.5. The zero-order chi connectivity index (χ0) is 12.8. The summed E-state index contributed by atoms with van der Waals surface area (Å²) in [6, 6.07) is 0. The maximum atomic E-state index is 11.6. The zero-order valence-corrected chi connectivity index (χ0v) is 10.6. The molecule has 0 aliphatic rings. The molecule has 1 rings (SSSR count). The van der Waals surface area contributed by atoms with Gasteiger partial charge in [-0.25, -0.2) is 0 Å². The van der Waals surface area contributed by atoms with Gasteiger partial charge in [0.05, 0.1) is 18.2 Å². The number of carbonyl (C=O) groups excluding carboxylic acids is 1. The highest BCUT2D eigenvalue weighted by Crippen LogP contribution is 2.12. The van der Waals surface area contributed by atoms with Crippen LogP contribution in [0.5, 0.6) is 0 Å². The molecule has 0 fully saturated rings. The predicted molar refractivity (Wildman–Crippen MR) is 63.6 cm³/mol. The summed E-state index contributed by atoms with van der Waals surface area (Å²) < 4.78 is 4.99. The van der Waals surface area contributed by atoms with Crippen molar-refractivity contribution < 1.29 is 14.4 Å². The number of aromatic nitrogens is 1. The Hall–Kier alpha value is -1.36. The molecule has 5 nitrogen and oxygen atoms in total. The molecule has 17 heavy (non-hydrogen) atoms. The second-order valence-electron chi connectivity index (χ2n) is 4.32. The molecule has 1 heterocycles. The van der Waals surface area contributed by atoms with Crippen LogP contribution in [0.4, 0.5) is 0 Å². The fourth-order valence-electron chi connectivity index (χ4n) is 1.60. The normalized spacial score (nSPS) is 12.5. The smallest absolute Gasteiger partial charge is 0.224 e. The van der Waals surface area contributed by atoms with Crippen molar-refractivity contribution in [3.05, 3.63) is 17.0 Å². The number of nitrogens with one attached hydrogen (secondary N) is 1. The monoisotopic (exact) mass is 240 g/mol. The van der Waals surface area contributed by atoms with Crippen LogP contribution in [0, 0.1) is 13.8 Å². The van der Waals surface area contributed by atoms with Crippen molar-refractivity contribution in [1.82, 2.24) is 10.5 Å². The molecule has 1 aromatic rings. The SMILES string of the molecule is Cc1noc(C)c1CC(=O)NCCCC(C)O. The minimum atomic E-state index is -0.311. The minimum absolute atomic E-state index is 0.0370. The van der Waals surface area contributed by atoms with Gasteiger partial charge in [-0.05, 0) is 33.6 Å². The van der Waals surface area contributed by atoms with Crippen molar-refractivity contribution in [2.45, 2.75) is 46.1 Å². The third kappa shape index (κ3) is 4.56. The van der Waals surface area contributed by atoms with Gasteiger partial charge in [0.15, 0.2) is 0 Å². The molecule has 0 bridgehead atoms. The molecule has 1 amide bonds. The van der Waals surface area contributed by atoms with Crippen LogP contribution in [0.2, 0.25) is 0 Å². The van der Waals surface area contributed by atoms with Gasteiger partial charge < -0.3 is 14.9 Å². The fourth-order valence-corrected chi connectivity index (χ4v) is 1.60. The van der Waals surface area contributed by atoms with E-state index in [2.05, 4.69) is 10.5 Å². The summed E-state index contributed by atoms with van der Waals surface area (Å²) in [5, 5.41) is 15.7. The molecule has 0 aliphatic carbocycles. The molecule has 2 N–H and O–H groups in total. The van der Waals surface area contributed by atoms with E-state index < -0.39 is 0 Å². The lowest BCUT2D eigenvalue weighted by atomic mass is 10.1. The van der Waals surface area contributed by atoms with E-state index in [0.717, 1.165) is 17.7 Å². The third-order valence-corrected chi connectivity index (χ3v) is 2.64. The maximum absolute atomic E-state index is 11.6. The van der Waals surface area contributed by atoms with E-state index in [1.54, 1.807) is 13.8 Å². The summed E-state index contributed by atoms with van der Waals surface area (Å²) in [5.74, 6) is 0.659. The molecule has 0 spiro atoms. The average molecular weight is 240 g/mol. The molecule has 1 atom stereocenters. The van der Waals surface area contributed by atoms with E-state index in [1.807, 2.05) is 6.92 Å². The van der Waals surface area contributed by atoms with Crippen LogP contribution in [0.15, 0.2) is 4.52 Å². The van der Waals surface area contributed by atoms with Crippen LogP contribution in [0.25, 0.3) is 0 Å². The van der Waals surface area contributed by atoms with E-state index >= 15 is 0 Å². The largest absolute Gasteiger partial charge is 0.393 e. The van der Waals surface area contributed by atoms with Gasteiger partial charge in [-0.15, -0.1) is 0 Å². The summed E-state index contributed by atoms with van der Waals surface area (Å²) in [7, 11) is 0. The number of hydrogen-bond acceptors (Lipinski definition) is 4. The lowest BCUT2D eigenvalue weighted by Crippen LogP contribution is -2.26. The zero-order valence-electron chi connectivity index (χ0n) is 10.6. The molecule has 0 radical (unpaired) electrons. The molecule has 5 heteroatoms. The second-order valence-corrected chi connectivity index (χ2v) is 4.32. The first kappa shape index (κ1) is 13.7. The molecule has 0 saturated carbocycles. The Morgan fingerprint density at radius 1 is 1.53 bits per heavy atom. The minimum Gasteiger partial charge on any atom is -0.393 e. The van der Waals surface area contributed by atoms with Crippen LogP contribution in [-0.4, -0.2) is 28.8 Å². The summed E-state index contributed by atoms with van der Waals surface area (Å²) >= 11 is 0. The second kappa shape index (κ2) is 6.39. The number of hydrogen-bond donors (Lipinski definition) is 2. The third-order valence-electron chi connectivity index (χ3n) is 2.64. The number of aliphatic hydroxyl groups excluding tert-OH is 1. The summed E-state index contributed by atoms with van der Waals surface area (Å²) in [6.07, 6.45) is 1.47. The number of amides is 1. The van der Waals surface area contributed by atoms with Crippen molar-refractivity contribution in [3.63, 3.8) is 0 Å². The maximum Gasteiger partial charge on any atom is 0.224 e. The average Bonchev–Trinajstić information content (AvgIpc) is 2.56. The van der Waals surface area contributed by atoms with E-state index in [9.17, 15) is 4.79 Å². The lowest BCUT2D eigenvalue weighted by molar-refractivity contribution is -0.120. The lowest BCUT2D eigenvalue weighted by Gasteiger charge is -2.06. The molecule has 96 valence electrons. The van der Waals surface area contributed by atoms with Crippen molar-refractivity contribution >= 4 is 5.91 Å².